The van der Waals surface area contributed by atoms with Crippen LogP contribution in [0, 0.1) is 0 Å². The van der Waals surface area contributed by atoms with Gasteiger partial charge in [0.2, 0.25) is 17.7 Å². The molecule has 9 heteroatoms. The van der Waals surface area contributed by atoms with Crippen molar-refractivity contribution in [1.29, 1.82) is 0 Å². The van der Waals surface area contributed by atoms with E-state index in [9.17, 15) is 24.3 Å². The molecule has 1 fully saturated rings. The fraction of sp³-hybridized carbons (Fsp3) is 0.385. The third-order valence-electron chi connectivity index (χ3n) is 5.94. The van der Waals surface area contributed by atoms with Gasteiger partial charge >= 0.3 is 5.97 Å². The van der Waals surface area contributed by atoms with E-state index in [1.54, 1.807) is 0 Å². The van der Waals surface area contributed by atoms with E-state index in [4.69, 9.17) is 0 Å². The molecular formula is C26H32N4O5. The summed E-state index contributed by atoms with van der Waals surface area (Å²) in [6, 6.07) is 15.0. The molecule has 4 atom stereocenters. The number of carboxylic acid groups (broad SMARTS) is 1. The van der Waals surface area contributed by atoms with Crippen LogP contribution in [0.5, 0.6) is 0 Å². The number of hydrogen-bond donors (Lipinski definition) is 5. The maximum atomic E-state index is 13.4. The lowest BCUT2D eigenvalue weighted by Gasteiger charge is -2.25. The van der Waals surface area contributed by atoms with Gasteiger partial charge in [-0.15, -0.1) is 0 Å². The van der Waals surface area contributed by atoms with Crippen molar-refractivity contribution in [1.82, 2.24) is 21.3 Å². The number of carbonyl (C=O) groups is 4. The first-order valence-electron chi connectivity index (χ1n) is 11.8. The molecule has 0 saturated carbocycles. The summed E-state index contributed by atoms with van der Waals surface area (Å²) in [6.45, 7) is 2.10. The van der Waals surface area contributed by atoms with Crippen LogP contribution in [0.25, 0.3) is 0 Å². The first kappa shape index (κ1) is 25.9. The predicted octanol–water partition coefficient (Wildman–Crippen LogP) is 0.783. The van der Waals surface area contributed by atoms with Gasteiger partial charge in [0.05, 0.1) is 6.04 Å². The van der Waals surface area contributed by atoms with Crippen LogP contribution in [0.1, 0.15) is 30.9 Å². The summed E-state index contributed by atoms with van der Waals surface area (Å²) in [5.74, 6) is -2.57. The zero-order chi connectivity index (χ0) is 25.2. The molecule has 2 aromatic rings. The number of hydrogen-bond acceptors (Lipinski definition) is 5. The van der Waals surface area contributed by atoms with E-state index in [1.807, 2.05) is 60.7 Å². The quantitative estimate of drug-likeness (QED) is 0.322. The molecule has 0 radical (unpaired) electrons. The highest BCUT2D eigenvalue weighted by Gasteiger charge is 2.31. The van der Waals surface area contributed by atoms with Crippen LogP contribution in [0.3, 0.4) is 0 Å². The van der Waals surface area contributed by atoms with Gasteiger partial charge in [0.1, 0.15) is 18.1 Å². The minimum Gasteiger partial charge on any atom is -0.480 e. The molecule has 1 heterocycles. The number of rotatable bonds is 11. The zero-order valence-corrected chi connectivity index (χ0v) is 19.7. The van der Waals surface area contributed by atoms with Gasteiger partial charge in [0.15, 0.2) is 0 Å². The lowest BCUT2D eigenvalue weighted by Crippen LogP contribution is -2.57. The molecule has 2 aromatic carbocycles. The number of carbonyl (C=O) groups excluding carboxylic acids is 3. The highest BCUT2D eigenvalue weighted by atomic mass is 16.4. The summed E-state index contributed by atoms with van der Waals surface area (Å²) in [5, 5.41) is 20.3. The van der Waals surface area contributed by atoms with Crippen molar-refractivity contribution in [3.05, 3.63) is 71.8 Å². The molecule has 1 saturated heterocycles. The number of nitrogens with one attached hydrogen (secondary N) is 4. The Hall–Kier alpha value is -3.72. The van der Waals surface area contributed by atoms with Gasteiger partial charge in [-0.25, -0.2) is 0 Å². The molecule has 0 aromatic heterocycles. The number of carboxylic acids is 1. The highest BCUT2D eigenvalue weighted by molar-refractivity contribution is 5.94. The average Bonchev–Trinajstić information content (AvgIpc) is 3.39. The fourth-order valence-corrected chi connectivity index (χ4v) is 3.95. The summed E-state index contributed by atoms with van der Waals surface area (Å²) < 4.78 is 0. The van der Waals surface area contributed by atoms with Crippen molar-refractivity contribution < 1.29 is 24.3 Å². The highest BCUT2D eigenvalue weighted by Crippen LogP contribution is 2.09. The van der Waals surface area contributed by atoms with Crippen LogP contribution in [0.4, 0.5) is 0 Å². The van der Waals surface area contributed by atoms with Crippen LogP contribution < -0.4 is 21.3 Å². The zero-order valence-electron chi connectivity index (χ0n) is 19.7. The maximum Gasteiger partial charge on any atom is 0.325 e. The van der Waals surface area contributed by atoms with E-state index in [1.165, 1.54) is 6.92 Å². The van der Waals surface area contributed by atoms with E-state index in [0.717, 1.165) is 24.1 Å². The Balaban J connectivity index is 1.78. The van der Waals surface area contributed by atoms with Crippen LogP contribution >= 0.6 is 0 Å². The van der Waals surface area contributed by atoms with E-state index in [2.05, 4.69) is 21.3 Å². The van der Waals surface area contributed by atoms with Gasteiger partial charge in [-0.3, -0.25) is 19.2 Å². The number of amides is 3. The molecule has 0 aliphatic carbocycles. The molecule has 1 aliphatic rings. The second kappa shape index (κ2) is 12.7. The van der Waals surface area contributed by atoms with Gasteiger partial charge < -0.3 is 26.4 Å². The molecule has 5 N–H and O–H groups in total. The van der Waals surface area contributed by atoms with Crippen molar-refractivity contribution in [3.63, 3.8) is 0 Å². The summed E-state index contributed by atoms with van der Waals surface area (Å²) in [6.07, 6.45) is 1.99. The largest absolute Gasteiger partial charge is 0.480 e. The lowest BCUT2D eigenvalue weighted by molar-refractivity contribution is -0.141. The van der Waals surface area contributed by atoms with Crippen molar-refractivity contribution in [2.75, 3.05) is 6.54 Å². The molecule has 9 nitrogen and oxygen atoms in total. The number of aliphatic carboxylic acids is 1. The molecule has 0 bridgehead atoms. The first-order chi connectivity index (χ1) is 16.8. The minimum atomic E-state index is -1.18. The van der Waals surface area contributed by atoms with Crippen molar-refractivity contribution in [2.45, 2.75) is 56.8 Å². The SMILES string of the molecule is CC(NC(=O)C(Cc1ccccc1)NC(=O)C(Cc1ccccc1)NC(=O)C1CCCN1)C(=O)O. The summed E-state index contributed by atoms with van der Waals surface area (Å²) in [4.78, 5) is 50.3. The molecule has 186 valence electrons. The van der Waals surface area contributed by atoms with Gasteiger partial charge in [-0.05, 0) is 37.4 Å². The van der Waals surface area contributed by atoms with E-state index >= 15 is 0 Å². The van der Waals surface area contributed by atoms with Crippen molar-refractivity contribution in [3.8, 4) is 0 Å². The smallest absolute Gasteiger partial charge is 0.325 e. The molecule has 35 heavy (non-hydrogen) atoms. The number of benzene rings is 2. The maximum absolute atomic E-state index is 13.4. The van der Waals surface area contributed by atoms with Crippen molar-refractivity contribution in [2.24, 2.45) is 0 Å². The summed E-state index contributed by atoms with van der Waals surface area (Å²) in [5.41, 5.74) is 1.66. The Bertz CT molecular complexity index is 1010. The molecular weight excluding hydrogens is 448 g/mol. The average molecular weight is 481 g/mol. The van der Waals surface area contributed by atoms with Crippen molar-refractivity contribution >= 4 is 23.7 Å². The molecule has 3 amide bonds. The molecule has 4 unspecified atom stereocenters. The first-order valence-corrected chi connectivity index (χ1v) is 11.8. The van der Waals surface area contributed by atoms with Crippen LogP contribution in [-0.4, -0.2) is 59.5 Å². The Labute approximate surface area is 204 Å². The van der Waals surface area contributed by atoms with E-state index in [0.29, 0.717) is 6.42 Å². The monoisotopic (exact) mass is 480 g/mol. The standard InChI is InChI=1S/C26H32N4O5/c1-17(26(34)35)28-24(32)21(15-18-9-4-2-5-10-18)30-25(33)22(16-19-11-6-3-7-12-19)29-23(31)20-13-8-14-27-20/h2-7,9-12,17,20-22,27H,8,13-16H2,1H3,(H,28,32)(H,29,31)(H,30,33)(H,34,35). The van der Waals surface area contributed by atoms with E-state index in [-0.39, 0.29) is 24.8 Å². The van der Waals surface area contributed by atoms with Crippen LogP contribution in [-0.2, 0) is 32.0 Å². The van der Waals surface area contributed by atoms with Gasteiger partial charge in [0.25, 0.3) is 0 Å². The minimum absolute atomic E-state index is 0.168. The Morgan fingerprint density at radius 1 is 0.857 bits per heavy atom. The Kier molecular flexibility index (Phi) is 9.37. The van der Waals surface area contributed by atoms with Crippen LogP contribution in [0.2, 0.25) is 0 Å². The predicted molar refractivity (Wildman–Crippen MR) is 130 cm³/mol. The van der Waals surface area contributed by atoms with Gasteiger partial charge in [0, 0.05) is 12.8 Å². The Morgan fingerprint density at radius 3 is 1.86 bits per heavy atom. The topological polar surface area (TPSA) is 137 Å². The van der Waals surface area contributed by atoms with Gasteiger partial charge in [-0.1, -0.05) is 60.7 Å². The lowest BCUT2D eigenvalue weighted by atomic mass is 10.0. The summed E-state index contributed by atoms with van der Waals surface area (Å²) >= 11 is 0. The van der Waals surface area contributed by atoms with E-state index < -0.39 is 35.9 Å². The summed E-state index contributed by atoms with van der Waals surface area (Å²) in [7, 11) is 0. The molecule has 3 rings (SSSR count). The fourth-order valence-electron chi connectivity index (χ4n) is 3.95. The van der Waals surface area contributed by atoms with Crippen LogP contribution in [0.15, 0.2) is 60.7 Å². The third kappa shape index (κ3) is 7.92. The second-order valence-electron chi connectivity index (χ2n) is 8.72. The second-order valence-corrected chi connectivity index (χ2v) is 8.72. The van der Waals surface area contributed by atoms with Gasteiger partial charge in [-0.2, -0.15) is 0 Å². The molecule has 1 aliphatic heterocycles. The normalized spacial score (nSPS) is 17.6. The molecule has 0 spiro atoms. The third-order valence-corrected chi connectivity index (χ3v) is 5.94. The Morgan fingerprint density at radius 2 is 1.37 bits per heavy atom.